The average molecular weight is 219 g/mol. The van der Waals surface area contributed by atoms with Crippen molar-refractivity contribution >= 4 is 15.9 Å². The molecule has 11 heavy (non-hydrogen) atoms. The maximum Gasteiger partial charge on any atom is 0.191 e. The monoisotopic (exact) mass is 218 g/mol. The summed E-state index contributed by atoms with van der Waals surface area (Å²) in [7, 11) is 1.48. The van der Waals surface area contributed by atoms with Crippen LogP contribution in [0.4, 0.5) is 0 Å². The minimum absolute atomic E-state index is 0.294. The van der Waals surface area contributed by atoms with E-state index in [0.717, 1.165) is 0 Å². The molecule has 0 amide bonds. The van der Waals surface area contributed by atoms with E-state index in [1.54, 1.807) is 12.2 Å². The fourth-order valence-corrected chi connectivity index (χ4v) is 0.744. The number of hydrogen-bond donors (Lipinski definition) is 2. The fourth-order valence-electron chi connectivity index (χ4n) is 0.497. The van der Waals surface area contributed by atoms with Gasteiger partial charge in [0.05, 0.1) is 11.7 Å². The van der Waals surface area contributed by atoms with Crippen molar-refractivity contribution in [3.63, 3.8) is 0 Å². The molecule has 0 aliphatic carbocycles. The number of rotatable bonds is 3. The first-order chi connectivity index (χ1) is 5.11. The third kappa shape index (κ3) is 3.72. The first kappa shape index (κ1) is 10.1. The Morgan fingerprint density at radius 2 is 2.09 bits per heavy atom. The van der Waals surface area contributed by atoms with Gasteiger partial charge in [-0.05, 0) is 22.0 Å². The number of allylic oxidation sites excluding steroid dienone is 3. The Labute approximate surface area is 74.5 Å². The largest absolute Gasteiger partial charge is 0.482 e. The van der Waals surface area contributed by atoms with Gasteiger partial charge in [0.15, 0.2) is 5.88 Å². The van der Waals surface area contributed by atoms with E-state index in [1.807, 2.05) is 0 Å². The SMILES string of the molecule is C=CC(/C=C(\N)Br)=C(/N)OC. The summed E-state index contributed by atoms with van der Waals surface area (Å²) in [5, 5.41) is 0. The molecule has 0 aromatic heterocycles. The van der Waals surface area contributed by atoms with E-state index >= 15 is 0 Å². The normalized spacial score (nSPS) is 13.8. The first-order valence-corrected chi connectivity index (χ1v) is 3.70. The van der Waals surface area contributed by atoms with Crippen LogP contribution in [-0.4, -0.2) is 7.11 Å². The standard InChI is InChI=1S/C7H11BrN2O/c1-3-5(4-6(8)9)7(10)11-2/h3-4H,1,9-10H2,2H3/b6-4-,7-5+. The lowest BCUT2D eigenvalue weighted by Crippen LogP contribution is -2.03. The van der Waals surface area contributed by atoms with Gasteiger partial charge in [-0.1, -0.05) is 12.7 Å². The Kier molecular flexibility index (Phi) is 4.45. The highest BCUT2D eigenvalue weighted by atomic mass is 79.9. The molecule has 0 fully saturated rings. The van der Waals surface area contributed by atoms with Crippen LogP contribution in [0.1, 0.15) is 0 Å². The summed E-state index contributed by atoms with van der Waals surface area (Å²) in [5.41, 5.74) is 11.4. The molecule has 3 nitrogen and oxygen atoms in total. The summed E-state index contributed by atoms with van der Waals surface area (Å²) in [4.78, 5) is 0. The molecular weight excluding hydrogens is 208 g/mol. The van der Waals surface area contributed by atoms with E-state index in [2.05, 4.69) is 22.5 Å². The molecule has 0 bridgehead atoms. The van der Waals surface area contributed by atoms with Crippen LogP contribution in [-0.2, 0) is 4.74 Å². The predicted molar refractivity (Wildman–Crippen MR) is 49.6 cm³/mol. The lowest BCUT2D eigenvalue weighted by Gasteiger charge is -2.01. The van der Waals surface area contributed by atoms with Crippen LogP contribution in [0.5, 0.6) is 0 Å². The lowest BCUT2D eigenvalue weighted by molar-refractivity contribution is 0.285. The summed E-state index contributed by atoms with van der Waals surface area (Å²) in [6.07, 6.45) is 3.18. The quantitative estimate of drug-likeness (QED) is 0.425. The molecule has 4 heteroatoms. The van der Waals surface area contributed by atoms with Crippen LogP contribution in [0, 0.1) is 0 Å². The Morgan fingerprint density at radius 1 is 1.55 bits per heavy atom. The summed E-state index contributed by atoms with van der Waals surface area (Å²) in [6.45, 7) is 3.54. The molecule has 0 saturated carbocycles. The van der Waals surface area contributed by atoms with Gasteiger partial charge < -0.3 is 16.2 Å². The third-order valence-corrected chi connectivity index (χ3v) is 1.25. The van der Waals surface area contributed by atoms with Gasteiger partial charge in [0.2, 0.25) is 0 Å². The number of ether oxygens (including phenoxy) is 1. The molecule has 0 atom stereocenters. The van der Waals surface area contributed by atoms with Crippen LogP contribution in [0.3, 0.4) is 0 Å². The van der Waals surface area contributed by atoms with E-state index in [9.17, 15) is 0 Å². The van der Waals surface area contributed by atoms with Gasteiger partial charge in [-0.3, -0.25) is 0 Å². The zero-order chi connectivity index (χ0) is 8.85. The zero-order valence-corrected chi connectivity index (χ0v) is 7.89. The molecular formula is C7H11BrN2O. The molecule has 0 aliphatic rings. The maximum atomic E-state index is 5.44. The molecule has 0 aliphatic heterocycles. The predicted octanol–water partition coefficient (Wildman–Crippen LogP) is 1.18. The number of nitrogens with two attached hydrogens (primary N) is 2. The highest BCUT2D eigenvalue weighted by molar-refractivity contribution is 9.11. The summed E-state index contributed by atoms with van der Waals surface area (Å²) in [6, 6.07) is 0. The molecule has 0 saturated heterocycles. The minimum atomic E-state index is 0.294. The summed E-state index contributed by atoms with van der Waals surface area (Å²) in [5.74, 6) is 0.294. The molecule has 4 N–H and O–H groups in total. The Balaban J connectivity index is 4.66. The van der Waals surface area contributed by atoms with Crippen LogP contribution in [0.2, 0.25) is 0 Å². The topological polar surface area (TPSA) is 61.3 Å². The zero-order valence-electron chi connectivity index (χ0n) is 6.30. The molecule has 62 valence electrons. The van der Waals surface area contributed by atoms with Crippen LogP contribution in [0.25, 0.3) is 0 Å². The smallest absolute Gasteiger partial charge is 0.191 e. The number of hydrogen-bond acceptors (Lipinski definition) is 3. The second kappa shape index (κ2) is 4.85. The van der Waals surface area contributed by atoms with Gasteiger partial charge in [-0.2, -0.15) is 0 Å². The highest BCUT2D eigenvalue weighted by Gasteiger charge is 1.95. The van der Waals surface area contributed by atoms with Gasteiger partial charge in [0, 0.05) is 5.57 Å². The number of methoxy groups -OCH3 is 1. The van der Waals surface area contributed by atoms with Gasteiger partial charge in [-0.15, -0.1) is 0 Å². The van der Waals surface area contributed by atoms with Gasteiger partial charge in [0.25, 0.3) is 0 Å². The molecule has 0 radical (unpaired) electrons. The van der Waals surface area contributed by atoms with Gasteiger partial charge in [0.1, 0.15) is 0 Å². The van der Waals surface area contributed by atoms with E-state index in [-0.39, 0.29) is 0 Å². The highest BCUT2D eigenvalue weighted by Crippen LogP contribution is 2.07. The van der Waals surface area contributed by atoms with E-state index in [0.29, 0.717) is 16.1 Å². The van der Waals surface area contributed by atoms with Crippen molar-refractivity contribution in [1.29, 1.82) is 0 Å². The molecule has 0 rings (SSSR count). The van der Waals surface area contributed by atoms with Crippen molar-refractivity contribution < 1.29 is 4.74 Å². The Hall–Kier alpha value is -0.900. The van der Waals surface area contributed by atoms with E-state index in [1.165, 1.54) is 7.11 Å². The van der Waals surface area contributed by atoms with Crippen molar-refractivity contribution in [2.75, 3.05) is 7.11 Å². The van der Waals surface area contributed by atoms with Gasteiger partial charge in [-0.25, -0.2) is 0 Å². The van der Waals surface area contributed by atoms with Crippen molar-refractivity contribution in [3.05, 3.63) is 34.8 Å². The second-order valence-electron chi connectivity index (χ2n) is 1.76. The van der Waals surface area contributed by atoms with Crippen molar-refractivity contribution in [2.24, 2.45) is 11.5 Å². The van der Waals surface area contributed by atoms with E-state index < -0.39 is 0 Å². The number of halogens is 1. The minimum Gasteiger partial charge on any atom is -0.482 e. The lowest BCUT2D eigenvalue weighted by atomic mass is 10.2. The third-order valence-electron chi connectivity index (χ3n) is 1.02. The van der Waals surface area contributed by atoms with Crippen molar-refractivity contribution in [1.82, 2.24) is 0 Å². The summed E-state index contributed by atoms with van der Waals surface area (Å²) < 4.78 is 5.25. The molecule has 0 unspecified atom stereocenters. The van der Waals surface area contributed by atoms with E-state index in [4.69, 9.17) is 16.2 Å². The van der Waals surface area contributed by atoms with Crippen LogP contribution in [0.15, 0.2) is 34.8 Å². The molecule has 0 heterocycles. The van der Waals surface area contributed by atoms with Crippen molar-refractivity contribution in [3.8, 4) is 0 Å². The van der Waals surface area contributed by atoms with Crippen LogP contribution >= 0.6 is 15.9 Å². The van der Waals surface area contributed by atoms with Crippen molar-refractivity contribution in [2.45, 2.75) is 0 Å². The molecule has 0 aromatic rings. The molecule has 0 aromatic carbocycles. The Bertz CT molecular complexity index is 204. The maximum absolute atomic E-state index is 5.44. The summed E-state index contributed by atoms with van der Waals surface area (Å²) >= 11 is 3.06. The second-order valence-corrected chi connectivity index (χ2v) is 2.67. The van der Waals surface area contributed by atoms with Crippen LogP contribution < -0.4 is 11.5 Å². The fraction of sp³-hybridized carbons (Fsp3) is 0.143. The Morgan fingerprint density at radius 3 is 2.36 bits per heavy atom. The average Bonchev–Trinajstić information content (AvgIpc) is 1.98. The van der Waals surface area contributed by atoms with Gasteiger partial charge >= 0.3 is 0 Å². The first-order valence-electron chi connectivity index (χ1n) is 2.90. The molecule has 0 spiro atoms.